The Morgan fingerprint density at radius 2 is 1.90 bits per heavy atom. The third-order valence-corrected chi connectivity index (χ3v) is 4.38. The van der Waals surface area contributed by atoms with Crippen molar-refractivity contribution in [3.63, 3.8) is 0 Å². The molecule has 2 aromatic heterocycles. The smallest absolute Gasteiger partial charge is 0.225 e. The van der Waals surface area contributed by atoms with Crippen molar-refractivity contribution >= 4 is 5.95 Å². The molecular formula is C16H23N5. The quantitative estimate of drug-likeness (QED) is 0.921. The van der Waals surface area contributed by atoms with Gasteiger partial charge in [-0.1, -0.05) is 6.92 Å². The molecule has 0 aromatic carbocycles. The van der Waals surface area contributed by atoms with Crippen molar-refractivity contribution in [2.75, 3.05) is 18.0 Å². The van der Waals surface area contributed by atoms with Gasteiger partial charge in [-0.3, -0.25) is 5.10 Å². The lowest BCUT2D eigenvalue weighted by Crippen LogP contribution is -2.45. The van der Waals surface area contributed by atoms with Gasteiger partial charge in [0.1, 0.15) is 0 Å². The van der Waals surface area contributed by atoms with Crippen LogP contribution in [0.5, 0.6) is 0 Å². The van der Waals surface area contributed by atoms with Gasteiger partial charge >= 0.3 is 0 Å². The molecular weight excluding hydrogens is 262 g/mol. The molecule has 2 aromatic rings. The first-order chi connectivity index (χ1) is 9.98. The fraction of sp³-hybridized carbons (Fsp3) is 0.562. The molecule has 1 saturated heterocycles. The molecule has 112 valence electrons. The molecule has 21 heavy (non-hydrogen) atoms. The van der Waals surface area contributed by atoms with Crippen LogP contribution in [-0.2, 0) is 5.41 Å². The summed E-state index contributed by atoms with van der Waals surface area (Å²) >= 11 is 0. The van der Waals surface area contributed by atoms with Crippen LogP contribution in [0.4, 0.5) is 5.95 Å². The Bertz CT molecular complexity index is 628. The number of rotatable bonds is 2. The van der Waals surface area contributed by atoms with E-state index in [9.17, 15) is 0 Å². The molecule has 0 spiro atoms. The lowest BCUT2D eigenvalue weighted by Gasteiger charge is -2.40. The number of aromatic nitrogens is 4. The molecule has 5 heteroatoms. The average molecular weight is 285 g/mol. The summed E-state index contributed by atoms with van der Waals surface area (Å²) in [5, 5.41) is 7.39. The van der Waals surface area contributed by atoms with Gasteiger partial charge in [0.25, 0.3) is 0 Å². The Hall–Kier alpha value is -1.91. The van der Waals surface area contributed by atoms with E-state index in [1.807, 2.05) is 26.1 Å². The molecule has 1 aliphatic rings. The summed E-state index contributed by atoms with van der Waals surface area (Å²) < 4.78 is 0. The van der Waals surface area contributed by atoms with Crippen LogP contribution >= 0.6 is 0 Å². The lowest BCUT2D eigenvalue weighted by molar-refractivity contribution is 0.359. The summed E-state index contributed by atoms with van der Waals surface area (Å²) in [6.45, 7) is 10.4. The van der Waals surface area contributed by atoms with E-state index in [2.05, 4.69) is 38.9 Å². The third-order valence-electron chi connectivity index (χ3n) is 4.38. The molecule has 1 atom stereocenters. The normalized spacial score (nSPS) is 22.6. The lowest BCUT2D eigenvalue weighted by atomic mass is 9.78. The second kappa shape index (κ2) is 5.13. The number of hydrogen-bond donors (Lipinski definition) is 1. The van der Waals surface area contributed by atoms with Crippen LogP contribution < -0.4 is 4.90 Å². The van der Waals surface area contributed by atoms with Crippen molar-refractivity contribution < 1.29 is 0 Å². The SMILES string of the molecule is Cc1cc(C)nc(N2CCC[C@@](C)(c3[nH]ncc3C)C2)n1. The van der Waals surface area contributed by atoms with Crippen molar-refractivity contribution in [2.45, 2.75) is 46.0 Å². The molecule has 0 saturated carbocycles. The van der Waals surface area contributed by atoms with E-state index in [0.29, 0.717) is 0 Å². The third kappa shape index (κ3) is 2.64. The van der Waals surface area contributed by atoms with Crippen LogP contribution in [0.25, 0.3) is 0 Å². The summed E-state index contributed by atoms with van der Waals surface area (Å²) in [6, 6.07) is 2.02. The number of H-pyrrole nitrogens is 1. The number of nitrogens with one attached hydrogen (secondary N) is 1. The van der Waals surface area contributed by atoms with E-state index < -0.39 is 0 Å². The maximum Gasteiger partial charge on any atom is 0.225 e. The molecule has 3 heterocycles. The number of anilines is 1. The average Bonchev–Trinajstić information content (AvgIpc) is 2.85. The van der Waals surface area contributed by atoms with Crippen molar-refractivity contribution in [1.29, 1.82) is 0 Å². The highest BCUT2D eigenvalue weighted by molar-refractivity contribution is 5.37. The van der Waals surface area contributed by atoms with Gasteiger partial charge in [-0.15, -0.1) is 0 Å². The zero-order valence-corrected chi connectivity index (χ0v) is 13.3. The van der Waals surface area contributed by atoms with Gasteiger partial charge in [-0.25, -0.2) is 9.97 Å². The molecule has 1 N–H and O–H groups in total. The van der Waals surface area contributed by atoms with Crippen molar-refractivity contribution in [3.05, 3.63) is 34.9 Å². The van der Waals surface area contributed by atoms with Gasteiger partial charge in [-0.2, -0.15) is 5.10 Å². The molecule has 0 bridgehead atoms. The zero-order chi connectivity index (χ0) is 15.0. The van der Waals surface area contributed by atoms with E-state index in [1.54, 1.807) is 0 Å². The van der Waals surface area contributed by atoms with E-state index in [-0.39, 0.29) is 5.41 Å². The maximum atomic E-state index is 4.62. The highest BCUT2D eigenvalue weighted by Crippen LogP contribution is 2.35. The summed E-state index contributed by atoms with van der Waals surface area (Å²) in [4.78, 5) is 11.5. The largest absolute Gasteiger partial charge is 0.340 e. The number of aromatic amines is 1. The minimum atomic E-state index is 0.0832. The van der Waals surface area contributed by atoms with Crippen molar-refractivity contribution in [2.24, 2.45) is 0 Å². The predicted molar refractivity (Wildman–Crippen MR) is 83.6 cm³/mol. The van der Waals surface area contributed by atoms with E-state index >= 15 is 0 Å². The summed E-state index contributed by atoms with van der Waals surface area (Å²) in [5.41, 5.74) is 4.63. The van der Waals surface area contributed by atoms with Crippen LogP contribution in [0.15, 0.2) is 12.3 Å². The number of nitrogens with zero attached hydrogens (tertiary/aromatic N) is 4. The Morgan fingerprint density at radius 3 is 2.52 bits per heavy atom. The fourth-order valence-corrected chi connectivity index (χ4v) is 3.42. The van der Waals surface area contributed by atoms with Crippen LogP contribution in [0.3, 0.4) is 0 Å². The number of hydrogen-bond acceptors (Lipinski definition) is 4. The van der Waals surface area contributed by atoms with Crippen LogP contribution in [0.1, 0.15) is 42.4 Å². The van der Waals surface area contributed by atoms with E-state index in [0.717, 1.165) is 43.3 Å². The van der Waals surface area contributed by atoms with Gasteiger partial charge in [0.15, 0.2) is 0 Å². The molecule has 3 rings (SSSR count). The summed E-state index contributed by atoms with van der Waals surface area (Å²) in [6.07, 6.45) is 4.22. The minimum absolute atomic E-state index is 0.0832. The first kappa shape index (κ1) is 14.0. The van der Waals surface area contributed by atoms with Gasteiger partial charge in [0.2, 0.25) is 5.95 Å². The first-order valence-corrected chi connectivity index (χ1v) is 7.56. The Balaban J connectivity index is 1.91. The predicted octanol–water partition coefficient (Wildman–Crippen LogP) is 2.68. The molecule has 5 nitrogen and oxygen atoms in total. The molecule has 0 aliphatic carbocycles. The summed E-state index contributed by atoms with van der Waals surface area (Å²) in [5.74, 6) is 0.857. The highest BCUT2D eigenvalue weighted by Gasteiger charge is 2.36. The molecule has 1 fully saturated rings. The van der Waals surface area contributed by atoms with Crippen LogP contribution in [0.2, 0.25) is 0 Å². The van der Waals surface area contributed by atoms with Gasteiger partial charge in [0, 0.05) is 35.6 Å². The van der Waals surface area contributed by atoms with Gasteiger partial charge in [-0.05, 0) is 45.2 Å². The summed E-state index contributed by atoms with van der Waals surface area (Å²) in [7, 11) is 0. The van der Waals surface area contributed by atoms with Crippen molar-refractivity contribution in [3.8, 4) is 0 Å². The van der Waals surface area contributed by atoms with E-state index in [4.69, 9.17) is 0 Å². The second-order valence-electron chi connectivity index (χ2n) is 6.46. The van der Waals surface area contributed by atoms with Crippen LogP contribution in [0, 0.1) is 20.8 Å². The monoisotopic (exact) mass is 285 g/mol. The van der Waals surface area contributed by atoms with Gasteiger partial charge in [0.05, 0.1) is 6.20 Å². The van der Waals surface area contributed by atoms with Crippen molar-refractivity contribution in [1.82, 2.24) is 20.2 Å². The second-order valence-corrected chi connectivity index (χ2v) is 6.46. The molecule has 0 amide bonds. The van der Waals surface area contributed by atoms with Crippen LogP contribution in [-0.4, -0.2) is 33.3 Å². The molecule has 1 aliphatic heterocycles. The highest BCUT2D eigenvalue weighted by atomic mass is 15.3. The number of aryl methyl sites for hydroxylation is 3. The number of piperidine rings is 1. The van der Waals surface area contributed by atoms with E-state index in [1.165, 1.54) is 11.3 Å². The van der Waals surface area contributed by atoms with Gasteiger partial charge < -0.3 is 4.90 Å². The Kier molecular flexibility index (Phi) is 3.43. The molecule has 0 unspecified atom stereocenters. The first-order valence-electron chi connectivity index (χ1n) is 7.56. The zero-order valence-electron chi connectivity index (χ0n) is 13.3. The Labute approximate surface area is 125 Å². The minimum Gasteiger partial charge on any atom is -0.340 e. The topological polar surface area (TPSA) is 57.7 Å². The standard InChI is InChI=1S/C16H23N5/c1-11-9-17-20-14(11)16(4)6-5-7-21(10-16)15-18-12(2)8-13(3)19-15/h8-9H,5-7,10H2,1-4H3,(H,17,20)/t16-/m1/s1. The maximum absolute atomic E-state index is 4.62. The Morgan fingerprint density at radius 1 is 1.19 bits per heavy atom. The molecule has 0 radical (unpaired) electrons. The fourth-order valence-electron chi connectivity index (χ4n) is 3.42.